The van der Waals surface area contributed by atoms with Crippen molar-refractivity contribution in [3.63, 3.8) is 0 Å². The third-order valence-electron chi connectivity index (χ3n) is 2.95. The Bertz CT molecular complexity index is 528. The van der Waals surface area contributed by atoms with E-state index in [1.54, 1.807) is 6.92 Å². The van der Waals surface area contributed by atoms with E-state index in [0.29, 0.717) is 18.8 Å². The average Bonchev–Trinajstić information content (AvgIpc) is 2.85. The third-order valence-corrected chi connectivity index (χ3v) is 2.95. The second-order valence-corrected chi connectivity index (χ2v) is 4.46. The lowest BCUT2D eigenvalue weighted by Gasteiger charge is -2.13. The van der Waals surface area contributed by atoms with Crippen LogP contribution < -0.4 is 10.7 Å². The van der Waals surface area contributed by atoms with Crippen molar-refractivity contribution in [3.05, 3.63) is 11.8 Å². The standard InChI is InChI=1S/C12H17F3N6/c1-3-16-10-8(12(13,14)15)7-17-11(19-10)18-9-5-6-21(4-2)20-9/h7H,3-6H2,1-2H3,(H2,16,17,18,19,20). The van der Waals surface area contributed by atoms with Crippen LogP contribution in [0.25, 0.3) is 0 Å². The summed E-state index contributed by atoms with van der Waals surface area (Å²) in [5, 5.41) is 4.55. The van der Waals surface area contributed by atoms with Crippen LogP contribution in [-0.2, 0) is 6.18 Å². The Morgan fingerprint density at radius 2 is 2.19 bits per heavy atom. The van der Waals surface area contributed by atoms with E-state index in [2.05, 4.69) is 25.7 Å². The maximum atomic E-state index is 12.8. The van der Waals surface area contributed by atoms with Crippen LogP contribution >= 0.6 is 0 Å². The minimum atomic E-state index is -4.49. The quantitative estimate of drug-likeness (QED) is 0.892. The second kappa shape index (κ2) is 6.25. The van der Waals surface area contributed by atoms with Gasteiger partial charge in [-0.05, 0) is 6.92 Å². The number of nitrogens with one attached hydrogen (secondary N) is 2. The first-order valence-electron chi connectivity index (χ1n) is 6.71. The van der Waals surface area contributed by atoms with E-state index in [0.717, 1.165) is 19.3 Å². The van der Waals surface area contributed by atoms with Gasteiger partial charge in [0.25, 0.3) is 5.95 Å². The van der Waals surface area contributed by atoms with Gasteiger partial charge in [0.1, 0.15) is 17.2 Å². The lowest BCUT2D eigenvalue weighted by Crippen LogP contribution is -2.32. The molecule has 0 bridgehead atoms. The highest BCUT2D eigenvalue weighted by Crippen LogP contribution is 2.34. The number of rotatable bonds is 4. The molecule has 1 saturated heterocycles. The molecule has 116 valence electrons. The van der Waals surface area contributed by atoms with Gasteiger partial charge in [0.05, 0.1) is 0 Å². The molecule has 0 radical (unpaired) electrons. The van der Waals surface area contributed by atoms with Crippen LogP contribution in [0.1, 0.15) is 25.8 Å². The second-order valence-electron chi connectivity index (χ2n) is 4.46. The highest BCUT2D eigenvalue weighted by Gasteiger charge is 2.35. The average molecular weight is 302 g/mol. The van der Waals surface area contributed by atoms with Crippen molar-refractivity contribution in [2.24, 2.45) is 4.99 Å². The van der Waals surface area contributed by atoms with Crippen molar-refractivity contribution in [1.29, 1.82) is 0 Å². The number of halogens is 3. The zero-order valence-corrected chi connectivity index (χ0v) is 11.8. The Morgan fingerprint density at radius 3 is 2.76 bits per heavy atom. The molecule has 1 aliphatic rings. The largest absolute Gasteiger partial charge is 0.421 e. The van der Waals surface area contributed by atoms with E-state index >= 15 is 0 Å². The molecule has 1 aromatic rings. The van der Waals surface area contributed by atoms with Gasteiger partial charge >= 0.3 is 6.18 Å². The molecule has 2 N–H and O–H groups in total. The number of aromatic nitrogens is 2. The van der Waals surface area contributed by atoms with Crippen LogP contribution in [-0.4, -0.2) is 40.4 Å². The van der Waals surface area contributed by atoms with E-state index in [1.807, 2.05) is 11.9 Å². The highest BCUT2D eigenvalue weighted by molar-refractivity contribution is 5.85. The number of hydrazine groups is 1. The summed E-state index contributed by atoms with van der Waals surface area (Å²) in [6.45, 7) is 5.64. The molecule has 0 aliphatic carbocycles. The molecule has 0 atom stereocenters. The number of hydrogen-bond donors (Lipinski definition) is 2. The lowest BCUT2D eigenvalue weighted by molar-refractivity contribution is -0.137. The van der Waals surface area contributed by atoms with Gasteiger partial charge < -0.3 is 10.7 Å². The molecule has 1 aliphatic heterocycles. The summed E-state index contributed by atoms with van der Waals surface area (Å²) < 4.78 is 38.5. The maximum Gasteiger partial charge on any atom is 0.421 e. The molecule has 0 unspecified atom stereocenters. The van der Waals surface area contributed by atoms with Gasteiger partial charge in [0.15, 0.2) is 0 Å². The summed E-state index contributed by atoms with van der Waals surface area (Å²) in [6.07, 6.45) is -3.04. The van der Waals surface area contributed by atoms with Crippen molar-refractivity contribution in [2.75, 3.05) is 25.0 Å². The number of hydrogen-bond acceptors (Lipinski definition) is 5. The minimum absolute atomic E-state index is 0.0133. The monoisotopic (exact) mass is 302 g/mol. The predicted molar refractivity (Wildman–Crippen MR) is 73.3 cm³/mol. The first-order valence-corrected chi connectivity index (χ1v) is 6.71. The number of amidine groups is 1. The fraction of sp³-hybridized carbons (Fsp3) is 0.583. The normalized spacial score (nSPS) is 18.0. The molecular weight excluding hydrogens is 285 g/mol. The summed E-state index contributed by atoms with van der Waals surface area (Å²) in [5.74, 6) is 0.420. The van der Waals surface area contributed by atoms with Crippen LogP contribution in [0.15, 0.2) is 11.2 Å². The molecule has 2 heterocycles. The van der Waals surface area contributed by atoms with Crippen LogP contribution in [0, 0.1) is 0 Å². The molecule has 2 rings (SSSR count). The van der Waals surface area contributed by atoms with Crippen molar-refractivity contribution in [3.8, 4) is 0 Å². The van der Waals surface area contributed by atoms with Gasteiger partial charge in [-0.2, -0.15) is 23.1 Å². The first kappa shape index (κ1) is 15.5. The molecule has 1 fully saturated rings. The van der Waals surface area contributed by atoms with Gasteiger partial charge in [-0.1, -0.05) is 6.92 Å². The van der Waals surface area contributed by atoms with Crippen molar-refractivity contribution in [1.82, 2.24) is 20.4 Å². The number of anilines is 1. The molecule has 0 aromatic carbocycles. The Kier molecular flexibility index (Phi) is 4.61. The van der Waals surface area contributed by atoms with E-state index < -0.39 is 11.7 Å². The molecule has 21 heavy (non-hydrogen) atoms. The van der Waals surface area contributed by atoms with Crippen LogP contribution in [0.4, 0.5) is 24.9 Å². The van der Waals surface area contributed by atoms with Crippen molar-refractivity contribution in [2.45, 2.75) is 26.4 Å². The molecule has 6 nitrogen and oxygen atoms in total. The van der Waals surface area contributed by atoms with E-state index in [4.69, 9.17) is 0 Å². The molecule has 1 aromatic heterocycles. The van der Waals surface area contributed by atoms with Crippen LogP contribution in [0.2, 0.25) is 0 Å². The maximum absolute atomic E-state index is 12.8. The molecule has 9 heteroatoms. The molecule has 0 saturated carbocycles. The number of aliphatic imine (C=N–C) groups is 1. The topological polar surface area (TPSA) is 65.4 Å². The van der Waals surface area contributed by atoms with Gasteiger partial charge in [-0.3, -0.25) is 0 Å². The number of alkyl halides is 3. The smallest absolute Gasteiger partial charge is 0.370 e. The van der Waals surface area contributed by atoms with Crippen molar-refractivity contribution >= 4 is 17.6 Å². The van der Waals surface area contributed by atoms with E-state index in [1.165, 1.54) is 0 Å². The zero-order chi connectivity index (χ0) is 15.5. The summed E-state index contributed by atoms with van der Waals surface area (Å²) in [7, 11) is 0. The Balaban J connectivity index is 2.26. The summed E-state index contributed by atoms with van der Waals surface area (Å²) in [6, 6.07) is 0. The summed E-state index contributed by atoms with van der Waals surface area (Å²) >= 11 is 0. The zero-order valence-electron chi connectivity index (χ0n) is 11.8. The predicted octanol–water partition coefficient (Wildman–Crippen LogP) is 2.19. The fourth-order valence-corrected chi connectivity index (χ4v) is 1.91. The minimum Gasteiger partial charge on any atom is -0.370 e. The van der Waals surface area contributed by atoms with Crippen molar-refractivity contribution < 1.29 is 13.2 Å². The molecular formula is C12H17F3N6. The summed E-state index contributed by atoms with van der Waals surface area (Å²) in [4.78, 5) is 11.7. The molecule has 0 spiro atoms. The summed E-state index contributed by atoms with van der Waals surface area (Å²) in [5.41, 5.74) is 2.16. The highest BCUT2D eigenvalue weighted by atomic mass is 19.4. The Hall–Kier alpha value is -1.90. The molecule has 0 amide bonds. The Labute approximate surface area is 120 Å². The number of nitrogens with zero attached hydrogens (tertiary/aromatic N) is 4. The van der Waals surface area contributed by atoms with Gasteiger partial charge in [-0.15, -0.1) is 0 Å². The SMILES string of the molecule is CCNc1nc(N=C2CCN(CC)N2)ncc1C(F)(F)F. The van der Waals surface area contributed by atoms with E-state index in [9.17, 15) is 13.2 Å². The third kappa shape index (κ3) is 3.81. The van der Waals surface area contributed by atoms with Gasteiger partial charge in [0.2, 0.25) is 0 Å². The first-order chi connectivity index (χ1) is 9.94. The van der Waals surface area contributed by atoms with Gasteiger partial charge in [0, 0.05) is 32.3 Å². The fourth-order valence-electron chi connectivity index (χ4n) is 1.91. The lowest BCUT2D eigenvalue weighted by atomic mass is 10.3. The van der Waals surface area contributed by atoms with E-state index in [-0.39, 0.29) is 11.8 Å². The van der Waals surface area contributed by atoms with Crippen LogP contribution in [0.3, 0.4) is 0 Å². The Morgan fingerprint density at radius 1 is 1.43 bits per heavy atom. The van der Waals surface area contributed by atoms with Gasteiger partial charge in [-0.25, -0.2) is 9.99 Å². The van der Waals surface area contributed by atoms with Crippen LogP contribution in [0.5, 0.6) is 0 Å².